The Balaban J connectivity index is 1.32. The van der Waals surface area contributed by atoms with Crippen LogP contribution >= 0.6 is 0 Å². The van der Waals surface area contributed by atoms with E-state index in [-0.39, 0.29) is 30.5 Å². The SMILES string of the molecule is COCCC1(Oc2ccc(Oc3ccc4c(cnn4-c4ccc(F)cc4)c3)nc2)C(=O)NC(=O)NC1=O. The van der Waals surface area contributed by atoms with Gasteiger partial charge < -0.3 is 14.2 Å². The molecule has 0 spiro atoms. The molecule has 2 aromatic heterocycles. The zero-order valence-electron chi connectivity index (χ0n) is 19.4. The molecule has 1 aliphatic heterocycles. The summed E-state index contributed by atoms with van der Waals surface area (Å²) in [6.07, 6.45) is 2.84. The molecule has 0 saturated carbocycles. The number of hydrogen-bond donors (Lipinski definition) is 2. The smallest absolute Gasteiger partial charge is 0.328 e. The molecule has 1 fully saturated rings. The summed E-state index contributed by atoms with van der Waals surface area (Å²) in [7, 11) is 1.41. The van der Waals surface area contributed by atoms with Gasteiger partial charge in [0.15, 0.2) is 0 Å². The molecule has 37 heavy (non-hydrogen) atoms. The summed E-state index contributed by atoms with van der Waals surface area (Å²) >= 11 is 0. The molecule has 11 nitrogen and oxygen atoms in total. The molecule has 4 aromatic rings. The maximum atomic E-state index is 13.2. The molecule has 3 heterocycles. The lowest BCUT2D eigenvalue weighted by Crippen LogP contribution is -2.69. The highest BCUT2D eigenvalue weighted by atomic mass is 19.1. The van der Waals surface area contributed by atoms with E-state index in [2.05, 4.69) is 10.1 Å². The fraction of sp³-hybridized carbons (Fsp3) is 0.160. The number of amides is 4. The number of urea groups is 1. The van der Waals surface area contributed by atoms with Crippen molar-refractivity contribution in [1.29, 1.82) is 0 Å². The van der Waals surface area contributed by atoms with E-state index in [0.717, 1.165) is 16.6 Å². The number of carbonyl (C=O) groups is 3. The number of ether oxygens (including phenoxy) is 3. The van der Waals surface area contributed by atoms with Crippen LogP contribution < -0.4 is 20.1 Å². The van der Waals surface area contributed by atoms with Crippen LogP contribution in [0.2, 0.25) is 0 Å². The number of carbonyl (C=O) groups excluding carboxylic acids is 3. The van der Waals surface area contributed by atoms with Crippen molar-refractivity contribution in [2.75, 3.05) is 13.7 Å². The van der Waals surface area contributed by atoms with Crippen LogP contribution in [0.4, 0.5) is 9.18 Å². The summed E-state index contributed by atoms with van der Waals surface area (Å²) in [4.78, 5) is 40.7. The third kappa shape index (κ3) is 4.69. The number of halogens is 1. The minimum Gasteiger partial charge on any atom is -0.466 e. The molecular weight excluding hydrogens is 485 g/mol. The van der Waals surface area contributed by atoms with Crippen molar-refractivity contribution >= 4 is 28.7 Å². The average Bonchev–Trinajstić information content (AvgIpc) is 3.30. The number of aromatic nitrogens is 3. The van der Waals surface area contributed by atoms with Gasteiger partial charge in [-0.15, -0.1) is 0 Å². The second-order valence-electron chi connectivity index (χ2n) is 8.10. The largest absolute Gasteiger partial charge is 0.466 e. The van der Waals surface area contributed by atoms with Crippen LogP contribution in [0.15, 0.2) is 67.0 Å². The van der Waals surface area contributed by atoms with Crippen molar-refractivity contribution in [2.45, 2.75) is 12.0 Å². The van der Waals surface area contributed by atoms with Crippen molar-refractivity contribution in [1.82, 2.24) is 25.4 Å². The van der Waals surface area contributed by atoms with Crippen LogP contribution in [0.1, 0.15) is 6.42 Å². The topological polar surface area (TPSA) is 134 Å². The maximum Gasteiger partial charge on any atom is 0.328 e. The number of hydrogen-bond acceptors (Lipinski definition) is 8. The van der Waals surface area contributed by atoms with Gasteiger partial charge in [0.25, 0.3) is 17.4 Å². The number of nitrogens with one attached hydrogen (secondary N) is 2. The van der Waals surface area contributed by atoms with Crippen molar-refractivity contribution in [2.24, 2.45) is 0 Å². The zero-order chi connectivity index (χ0) is 26.0. The highest BCUT2D eigenvalue weighted by Gasteiger charge is 2.52. The Kier molecular flexibility index (Phi) is 6.24. The van der Waals surface area contributed by atoms with Crippen molar-refractivity contribution in [3.8, 4) is 23.1 Å². The number of methoxy groups -OCH3 is 1. The van der Waals surface area contributed by atoms with Gasteiger partial charge in [-0.3, -0.25) is 20.2 Å². The average molecular weight is 505 g/mol. The van der Waals surface area contributed by atoms with Gasteiger partial charge in [0.2, 0.25) is 5.88 Å². The molecule has 1 saturated heterocycles. The monoisotopic (exact) mass is 505 g/mol. The Hall–Kier alpha value is -4.84. The first-order chi connectivity index (χ1) is 17.9. The molecule has 0 bridgehead atoms. The normalized spacial score (nSPS) is 14.8. The fourth-order valence-corrected chi connectivity index (χ4v) is 3.83. The summed E-state index contributed by atoms with van der Waals surface area (Å²) in [5, 5.41) is 9.25. The highest BCUT2D eigenvalue weighted by Crippen LogP contribution is 2.29. The third-order valence-electron chi connectivity index (χ3n) is 5.68. The van der Waals surface area contributed by atoms with E-state index in [1.54, 1.807) is 35.1 Å². The summed E-state index contributed by atoms with van der Waals surface area (Å²) in [5.74, 6) is -1.28. The minimum atomic E-state index is -2.00. The number of barbiturate groups is 1. The van der Waals surface area contributed by atoms with E-state index in [0.29, 0.717) is 5.75 Å². The first kappa shape index (κ1) is 23.9. The zero-order valence-corrected chi connectivity index (χ0v) is 19.4. The fourth-order valence-electron chi connectivity index (χ4n) is 3.83. The minimum absolute atomic E-state index is 0.0316. The Bertz CT molecular complexity index is 1470. The lowest BCUT2D eigenvalue weighted by molar-refractivity contribution is -0.153. The predicted octanol–water partition coefficient (Wildman–Crippen LogP) is 2.87. The predicted molar refractivity (Wildman–Crippen MR) is 127 cm³/mol. The molecular formula is C25H20FN5O6. The van der Waals surface area contributed by atoms with Crippen LogP contribution in [0.5, 0.6) is 17.4 Å². The number of nitrogens with zero attached hydrogens (tertiary/aromatic N) is 3. The third-order valence-corrected chi connectivity index (χ3v) is 5.68. The molecule has 0 unspecified atom stereocenters. The van der Waals surface area contributed by atoms with Gasteiger partial charge in [-0.1, -0.05) is 0 Å². The van der Waals surface area contributed by atoms with Gasteiger partial charge in [0, 0.05) is 25.0 Å². The van der Waals surface area contributed by atoms with Crippen molar-refractivity contribution in [3.63, 3.8) is 0 Å². The van der Waals surface area contributed by atoms with Crippen molar-refractivity contribution < 1.29 is 33.0 Å². The molecule has 2 aromatic carbocycles. The molecule has 1 aliphatic rings. The maximum absolute atomic E-state index is 13.2. The second-order valence-corrected chi connectivity index (χ2v) is 8.10. The number of rotatable bonds is 8. The molecule has 12 heteroatoms. The van der Waals surface area contributed by atoms with Crippen LogP contribution in [-0.4, -0.2) is 51.9 Å². The molecule has 2 N–H and O–H groups in total. The molecule has 0 aliphatic carbocycles. The van der Waals surface area contributed by atoms with Crippen LogP contribution in [-0.2, 0) is 14.3 Å². The van der Waals surface area contributed by atoms with Gasteiger partial charge in [-0.25, -0.2) is 18.9 Å². The Morgan fingerprint density at radius 1 is 0.946 bits per heavy atom. The molecule has 0 atom stereocenters. The van der Waals surface area contributed by atoms with Gasteiger partial charge in [0.1, 0.15) is 17.3 Å². The highest BCUT2D eigenvalue weighted by molar-refractivity contribution is 6.21. The second kappa shape index (κ2) is 9.66. The lowest BCUT2D eigenvalue weighted by Gasteiger charge is -2.33. The van der Waals surface area contributed by atoms with Gasteiger partial charge in [0.05, 0.1) is 30.2 Å². The summed E-state index contributed by atoms with van der Waals surface area (Å²) in [6.45, 7) is 0.0316. The summed E-state index contributed by atoms with van der Waals surface area (Å²) in [6, 6.07) is 13.4. The van der Waals surface area contributed by atoms with Crippen LogP contribution in [0.3, 0.4) is 0 Å². The van der Waals surface area contributed by atoms with E-state index in [9.17, 15) is 18.8 Å². The number of imide groups is 2. The Morgan fingerprint density at radius 3 is 2.35 bits per heavy atom. The summed E-state index contributed by atoms with van der Waals surface area (Å²) in [5.41, 5.74) is -0.473. The van der Waals surface area contributed by atoms with E-state index < -0.39 is 23.4 Å². The van der Waals surface area contributed by atoms with Gasteiger partial charge in [-0.2, -0.15) is 5.10 Å². The van der Waals surface area contributed by atoms with E-state index in [4.69, 9.17) is 14.2 Å². The molecule has 5 rings (SSSR count). The Morgan fingerprint density at radius 2 is 1.68 bits per heavy atom. The molecule has 188 valence electrons. The van der Waals surface area contributed by atoms with Gasteiger partial charge >= 0.3 is 6.03 Å². The van der Waals surface area contributed by atoms with E-state index >= 15 is 0 Å². The number of benzene rings is 2. The van der Waals surface area contributed by atoms with E-state index in [1.807, 2.05) is 16.7 Å². The van der Waals surface area contributed by atoms with Gasteiger partial charge in [-0.05, 0) is 48.5 Å². The first-order valence-electron chi connectivity index (χ1n) is 11.1. The van der Waals surface area contributed by atoms with E-state index in [1.165, 1.54) is 37.6 Å². The quantitative estimate of drug-likeness (QED) is 0.349. The standard InChI is InChI=1S/C25H20FN5O6/c1-35-11-10-25(22(32)29-24(34)30-23(25)33)37-19-7-9-21(27-14-19)36-18-6-8-20-15(12-18)13-28-31(20)17-4-2-16(26)3-5-17/h2-9,12-14H,10-11H2,1H3,(H2,29,30,32,33,34). The van der Waals surface area contributed by atoms with Crippen LogP contribution in [0.25, 0.3) is 16.6 Å². The molecule has 4 amide bonds. The molecule has 0 radical (unpaired) electrons. The first-order valence-corrected chi connectivity index (χ1v) is 11.1. The Labute approximate surface area is 209 Å². The van der Waals surface area contributed by atoms with Crippen LogP contribution in [0, 0.1) is 5.82 Å². The number of pyridine rings is 1. The lowest BCUT2D eigenvalue weighted by atomic mass is 9.95. The van der Waals surface area contributed by atoms with Crippen molar-refractivity contribution in [3.05, 3.63) is 72.8 Å². The number of fused-ring (bicyclic) bond motifs is 1. The summed E-state index contributed by atoms with van der Waals surface area (Å²) < 4.78 is 31.5.